The third kappa shape index (κ3) is 44.0. The van der Waals surface area contributed by atoms with Crippen LogP contribution in [-0.2, 0) is 28.6 Å². The lowest BCUT2D eigenvalue weighted by Gasteiger charge is -2.18. The molecule has 0 amide bonds. The standard InChI is InChI=1S/C52H100O6/c1-6-8-9-10-11-12-13-14-15-16-23-29-34-39-44-52(55)58-49(46-57-51(54)43-38-33-28-24-19-20-25-30-35-40-47(3)4)45-56-50(53)42-37-32-27-22-18-17-21-26-31-36-41-48(5)7-2/h47-49H,6-46H2,1-5H3/t48?,49-/m0/s1. The van der Waals surface area contributed by atoms with Crippen LogP contribution in [0.5, 0.6) is 0 Å². The second kappa shape index (κ2) is 44.9. The molecule has 0 aliphatic heterocycles. The maximum atomic E-state index is 12.8. The predicted octanol–water partition coefficient (Wildman–Crippen LogP) is 16.5. The zero-order valence-corrected chi connectivity index (χ0v) is 39.7. The molecule has 2 atom stereocenters. The fourth-order valence-corrected chi connectivity index (χ4v) is 7.78. The summed E-state index contributed by atoms with van der Waals surface area (Å²) in [6.07, 6.45) is 45.1. The maximum Gasteiger partial charge on any atom is 0.306 e. The number of ether oxygens (including phenoxy) is 3. The molecule has 0 N–H and O–H groups in total. The van der Waals surface area contributed by atoms with Crippen molar-refractivity contribution in [1.82, 2.24) is 0 Å². The highest BCUT2D eigenvalue weighted by Crippen LogP contribution is 2.18. The van der Waals surface area contributed by atoms with Crippen molar-refractivity contribution in [2.45, 2.75) is 291 Å². The van der Waals surface area contributed by atoms with Crippen molar-refractivity contribution in [3.8, 4) is 0 Å². The SMILES string of the molecule is CCCCCCCCCCCCCCCCC(=O)O[C@@H](COC(=O)CCCCCCCCCCCCC(C)CC)COC(=O)CCCCCCCCCCCC(C)C. The fourth-order valence-electron chi connectivity index (χ4n) is 7.78. The lowest BCUT2D eigenvalue weighted by atomic mass is 9.99. The molecule has 6 heteroatoms. The Morgan fingerprint density at radius 3 is 0.983 bits per heavy atom. The highest BCUT2D eigenvalue weighted by atomic mass is 16.6. The van der Waals surface area contributed by atoms with Crippen molar-refractivity contribution >= 4 is 17.9 Å². The van der Waals surface area contributed by atoms with Gasteiger partial charge in [0.2, 0.25) is 0 Å². The smallest absolute Gasteiger partial charge is 0.306 e. The van der Waals surface area contributed by atoms with Crippen LogP contribution in [0, 0.1) is 11.8 Å². The quantitative estimate of drug-likeness (QED) is 0.0346. The monoisotopic (exact) mass is 821 g/mol. The number of esters is 3. The van der Waals surface area contributed by atoms with E-state index in [1.54, 1.807) is 0 Å². The topological polar surface area (TPSA) is 78.9 Å². The summed E-state index contributed by atoms with van der Waals surface area (Å²) in [7, 11) is 0. The molecular weight excluding hydrogens is 721 g/mol. The van der Waals surface area contributed by atoms with E-state index in [2.05, 4.69) is 34.6 Å². The third-order valence-corrected chi connectivity index (χ3v) is 12.1. The molecule has 0 rings (SSSR count). The van der Waals surface area contributed by atoms with Crippen molar-refractivity contribution in [1.29, 1.82) is 0 Å². The lowest BCUT2D eigenvalue weighted by molar-refractivity contribution is -0.167. The van der Waals surface area contributed by atoms with E-state index in [1.165, 1.54) is 173 Å². The highest BCUT2D eigenvalue weighted by Gasteiger charge is 2.19. The van der Waals surface area contributed by atoms with Gasteiger partial charge in [-0.25, -0.2) is 0 Å². The molecule has 0 aliphatic rings. The summed E-state index contributed by atoms with van der Waals surface area (Å²) in [6, 6.07) is 0. The Morgan fingerprint density at radius 1 is 0.362 bits per heavy atom. The summed E-state index contributed by atoms with van der Waals surface area (Å²) in [4.78, 5) is 37.9. The summed E-state index contributed by atoms with van der Waals surface area (Å²) in [5.41, 5.74) is 0. The summed E-state index contributed by atoms with van der Waals surface area (Å²) in [5, 5.41) is 0. The fraction of sp³-hybridized carbons (Fsp3) is 0.942. The second-order valence-corrected chi connectivity index (χ2v) is 18.5. The Bertz CT molecular complexity index is 887. The molecule has 1 unspecified atom stereocenters. The number of carbonyl (C=O) groups excluding carboxylic acids is 3. The van der Waals surface area contributed by atoms with Gasteiger partial charge in [0.25, 0.3) is 0 Å². The van der Waals surface area contributed by atoms with Crippen molar-refractivity contribution in [3.63, 3.8) is 0 Å². The maximum absolute atomic E-state index is 12.8. The predicted molar refractivity (Wildman–Crippen MR) is 247 cm³/mol. The van der Waals surface area contributed by atoms with E-state index in [9.17, 15) is 14.4 Å². The molecule has 0 bridgehead atoms. The van der Waals surface area contributed by atoms with Crippen molar-refractivity contribution < 1.29 is 28.6 Å². The van der Waals surface area contributed by atoms with Gasteiger partial charge in [-0.3, -0.25) is 14.4 Å². The van der Waals surface area contributed by atoms with Crippen LogP contribution in [0.2, 0.25) is 0 Å². The second-order valence-electron chi connectivity index (χ2n) is 18.5. The van der Waals surface area contributed by atoms with E-state index in [0.717, 1.165) is 69.6 Å². The average molecular weight is 821 g/mol. The van der Waals surface area contributed by atoms with Crippen LogP contribution >= 0.6 is 0 Å². The van der Waals surface area contributed by atoms with Crippen LogP contribution in [0.4, 0.5) is 0 Å². The van der Waals surface area contributed by atoms with Crippen LogP contribution in [0.1, 0.15) is 285 Å². The van der Waals surface area contributed by atoms with Gasteiger partial charge in [-0.1, -0.05) is 247 Å². The van der Waals surface area contributed by atoms with E-state index in [0.29, 0.717) is 19.3 Å². The summed E-state index contributed by atoms with van der Waals surface area (Å²) >= 11 is 0. The number of unbranched alkanes of at least 4 members (excludes halogenated alkanes) is 30. The minimum Gasteiger partial charge on any atom is -0.462 e. The molecule has 0 heterocycles. The van der Waals surface area contributed by atoms with E-state index < -0.39 is 6.10 Å². The number of hydrogen-bond donors (Lipinski definition) is 0. The minimum atomic E-state index is -0.761. The first-order valence-electron chi connectivity index (χ1n) is 25.8. The van der Waals surface area contributed by atoms with Gasteiger partial charge in [-0.05, 0) is 31.1 Å². The van der Waals surface area contributed by atoms with E-state index in [4.69, 9.17) is 14.2 Å². The van der Waals surface area contributed by atoms with Gasteiger partial charge in [0, 0.05) is 19.3 Å². The van der Waals surface area contributed by atoms with E-state index >= 15 is 0 Å². The van der Waals surface area contributed by atoms with Gasteiger partial charge in [0.05, 0.1) is 0 Å². The molecule has 0 radical (unpaired) electrons. The molecule has 0 aromatic carbocycles. The molecule has 58 heavy (non-hydrogen) atoms. The number of hydrogen-bond acceptors (Lipinski definition) is 6. The Morgan fingerprint density at radius 2 is 0.655 bits per heavy atom. The summed E-state index contributed by atoms with van der Waals surface area (Å²) < 4.78 is 16.8. The van der Waals surface area contributed by atoms with Gasteiger partial charge >= 0.3 is 17.9 Å². The van der Waals surface area contributed by atoms with Gasteiger partial charge in [-0.2, -0.15) is 0 Å². The molecule has 0 saturated carbocycles. The zero-order valence-electron chi connectivity index (χ0n) is 39.7. The first kappa shape index (κ1) is 56.4. The van der Waals surface area contributed by atoms with Gasteiger partial charge in [-0.15, -0.1) is 0 Å². The largest absolute Gasteiger partial charge is 0.462 e. The summed E-state index contributed by atoms with van der Waals surface area (Å²) in [6.45, 7) is 11.4. The van der Waals surface area contributed by atoms with Crippen LogP contribution in [0.25, 0.3) is 0 Å². The van der Waals surface area contributed by atoms with Gasteiger partial charge in [0.1, 0.15) is 13.2 Å². The molecule has 0 aromatic rings. The molecule has 0 spiro atoms. The number of carbonyl (C=O) groups is 3. The Kier molecular flexibility index (Phi) is 43.7. The normalized spacial score (nSPS) is 12.5. The first-order chi connectivity index (χ1) is 28.3. The van der Waals surface area contributed by atoms with Crippen LogP contribution in [0.3, 0.4) is 0 Å². The lowest BCUT2D eigenvalue weighted by Crippen LogP contribution is -2.30. The van der Waals surface area contributed by atoms with E-state index in [-0.39, 0.29) is 31.1 Å². The van der Waals surface area contributed by atoms with Crippen LogP contribution in [-0.4, -0.2) is 37.2 Å². The van der Waals surface area contributed by atoms with Crippen LogP contribution < -0.4 is 0 Å². The van der Waals surface area contributed by atoms with Crippen molar-refractivity contribution in [2.75, 3.05) is 13.2 Å². The van der Waals surface area contributed by atoms with Gasteiger partial charge < -0.3 is 14.2 Å². The molecule has 0 saturated heterocycles. The highest BCUT2D eigenvalue weighted by molar-refractivity contribution is 5.71. The van der Waals surface area contributed by atoms with Crippen LogP contribution in [0.15, 0.2) is 0 Å². The Labute approximate surface area is 361 Å². The molecular formula is C52H100O6. The first-order valence-corrected chi connectivity index (χ1v) is 25.8. The Balaban J connectivity index is 4.33. The third-order valence-electron chi connectivity index (χ3n) is 12.1. The molecule has 6 nitrogen and oxygen atoms in total. The average Bonchev–Trinajstić information content (AvgIpc) is 3.21. The van der Waals surface area contributed by atoms with Gasteiger partial charge in [0.15, 0.2) is 6.10 Å². The number of rotatable bonds is 46. The molecule has 0 aromatic heterocycles. The molecule has 0 aliphatic carbocycles. The minimum absolute atomic E-state index is 0.0641. The van der Waals surface area contributed by atoms with Crippen molar-refractivity contribution in [2.24, 2.45) is 11.8 Å². The zero-order chi connectivity index (χ0) is 42.6. The van der Waals surface area contributed by atoms with E-state index in [1.807, 2.05) is 0 Å². The Hall–Kier alpha value is -1.59. The summed E-state index contributed by atoms with van der Waals surface area (Å²) in [5.74, 6) is 0.829. The van der Waals surface area contributed by atoms with Crippen molar-refractivity contribution in [3.05, 3.63) is 0 Å². The molecule has 344 valence electrons. The molecule has 0 fully saturated rings.